The van der Waals surface area contributed by atoms with Crippen molar-refractivity contribution in [3.8, 4) is 28.7 Å². The first kappa shape index (κ1) is 21.4. The van der Waals surface area contributed by atoms with Gasteiger partial charge >= 0.3 is 0 Å². The molecule has 5 rings (SSSR count). The summed E-state index contributed by atoms with van der Waals surface area (Å²) in [4.78, 5) is 13.9. The predicted molar refractivity (Wildman–Crippen MR) is 136 cm³/mol. The van der Waals surface area contributed by atoms with Crippen molar-refractivity contribution in [1.82, 2.24) is 15.0 Å². The Morgan fingerprint density at radius 1 is 0.882 bits per heavy atom. The Balaban J connectivity index is 1.32. The fourth-order valence-electron chi connectivity index (χ4n) is 3.56. The van der Waals surface area contributed by atoms with E-state index in [4.69, 9.17) is 0 Å². The van der Waals surface area contributed by atoms with Crippen LogP contribution in [0.5, 0.6) is 0 Å². The molecule has 0 aliphatic heterocycles. The summed E-state index contributed by atoms with van der Waals surface area (Å²) in [6.07, 6.45) is 0. The van der Waals surface area contributed by atoms with E-state index >= 15 is 0 Å². The van der Waals surface area contributed by atoms with Gasteiger partial charge in [-0.15, -0.1) is 16.4 Å². The molecule has 1 N–H and O–H groups in total. The number of benzene rings is 3. The fourth-order valence-corrected chi connectivity index (χ4v) is 4.13. The Kier molecular flexibility index (Phi) is 6.02. The van der Waals surface area contributed by atoms with Crippen molar-refractivity contribution in [2.24, 2.45) is 0 Å². The standard InChI is InChI=1S/C28H20N4OS/c1-20-27(28(33)29-24-10-5-7-21(19-24)12-17-26-11-6-18-34-26)30-31-32(20)25-15-13-23(14-16-25)22-8-3-2-4-9-22/h2-11,13-16,18-19H,1H3,(H,29,33). The first-order chi connectivity index (χ1) is 16.7. The van der Waals surface area contributed by atoms with Gasteiger partial charge in [0, 0.05) is 11.3 Å². The fraction of sp³-hybridized carbons (Fsp3) is 0.0357. The molecule has 0 aliphatic rings. The van der Waals surface area contributed by atoms with Gasteiger partial charge in [0.05, 0.1) is 16.3 Å². The highest BCUT2D eigenvalue weighted by molar-refractivity contribution is 7.10. The summed E-state index contributed by atoms with van der Waals surface area (Å²) in [6.45, 7) is 1.84. The summed E-state index contributed by atoms with van der Waals surface area (Å²) in [5, 5.41) is 13.2. The second kappa shape index (κ2) is 9.57. The number of carbonyl (C=O) groups excluding carboxylic acids is 1. The quantitative estimate of drug-likeness (QED) is 0.337. The van der Waals surface area contributed by atoms with Crippen LogP contribution in [-0.2, 0) is 0 Å². The van der Waals surface area contributed by atoms with Crippen molar-refractivity contribution >= 4 is 22.9 Å². The van der Waals surface area contributed by atoms with Gasteiger partial charge in [-0.3, -0.25) is 4.79 Å². The van der Waals surface area contributed by atoms with E-state index in [1.54, 1.807) is 16.0 Å². The van der Waals surface area contributed by atoms with Gasteiger partial charge in [-0.2, -0.15) is 0 Å². The maximum atomic E-state index is 12.9. The molecule has 2 heterocycles. The van der Waals surface area contributed by atoms with Crippen LogP contribution in [0.4, 0.5) is 5.69 Å². The van der Waals surface area contributed by atoms with Crippen LogP contribution in [-0.4, -0.2) is 20.9 Å². The van der Waals surface area contributed by atoms with E-state index < -0.39 is 0 Å². The number of aromatic nitrogens is 3. The second-order valence-electron chi connectivity index (χ2n) is 7.61. The van der Waals surface area contributed by atoms with Crippen molar-refractivity contribution in [2.45, 2.75) is 6.92 Å². The van der Waals surface area contributed by atoms with Crippen molar-refractivity contribution in [1.29, 1.82) is 0 Å². The SMILES string of the molecule is Cc1c(C(=O)Nc2cccc(C#Cc3cccs3)c2)nnn1-c1ccc(-c2ccccc2)cc1. The highest BCUT2D eigenvalue weighted by Crippen LogP contribution is 2.22. The van der Waals surface area contributed by atoms with E-state index in [2.05, 4.69) is 39.6 Å². The average molecular weight is 461 g/mol. The van der Waals surface area contributed by atoms with Gasteiger partial charge in [0.2, 0.25) is 0 Å². The Hall–Kier alpha value is -4.47. The van der Waals surface area contributed by atoms with Gasteiger partial charge in [-0.25, -0.2) is 4.68 Å². The van der Waals surface area contributed by atoms with Gasteiger partial charge in [0.15, 0.2) is 5.69 Å². The Labute approximate surface area is 201 Å². The van der Waals surface area contributed by atoms with E-state index in [0.29, 0.717) is 11.4 Å². The van der Waals surface area contributed by atoms with Gasteiger partial charge in [-0.05, 0) is 59.8 Å². The van der Waals surface area contributed by atoms with Crippen LogP contribution < -0.4 is 5.32 Å². The number of hydrogen-bond acceptors (Lipinski definition) is 4. The largest absolute Gasteiger partial charge is 0.320 e. The number of nitrogens with zero attached hydrogens (tertiary/aromatic N) is 3. The van der Waals surface area contributed by atoms with E-state index in [-0.39, 0.29) is 11.6 Å². The van der Waals surface area contributed by atoms with Crippen LogP contribution in [0, 0.1) is 18.8 Å². The number of carbonyl (C=O) groups is 1. The van der Waals surface area contributed by atoms with Crippen LogP contribution in [0.3, 0.4) is 0 Å². The van der Waals surface area contributed by atoms with Crippen LogP contribution in [0.25, 0.3) is 16.8 Å². The molecule has 34 heavy (non-hydrogen) atoms. The van der Waals surface area contributed by atoms with Gasteiger partial charge in [-0.1, -0.05) is 71.7 Å². The molecule has 0 saturated heterocycles. The lowest BCUT2D eigenvalue weighted by Crippen LogP contribution is -2.14. The van der Waals surface area contributed by atoms with E-state index in [0.717, 1.165) is 27.3 Å². The smallest absolute Gasteiger partial charge is 0.278 e. The third-order valence-electron chi connectivity index (χ3n) is 5.30. The minimum absolute atomic E-state index is 0.280. The second-order valence-corrected chi connectivity index (χ2v) is 8.56. The van der Waals surface area contributed by atoms with Crippen LogP contribution >= 0.6 is 11.3 Å². The predicted octanol–water partition coefficient (Wildman–Crippen LogP) is 5.96. The zero-order valence-electron chi connectivity index (χ0n) is 18.4. The summed E-state index contributed by atoms with van der Waals surface area (Å²) in [5.74, 6) is 5.95. The zero-order valence-corrected chi connectivity index (χ0v) is 19.2. The summed E-state index contributed by atoms with van der Waals surface area (Å²) in [7, 11) is 0. The monoisotopic (exact) mass is 460 g/mol. The molecular weight excluding hydrogens is 440 g/mol. The number of hydrogen-bond donors (Lipinski definition) is 1. The lowest BCUT2D eigenvalue weighted by Gasteiger charge is -2.07. The van der Waals surface area contributed by atoms with E-state index in [1.807, 2.05) is 91.2 Å². The lowest BCUT2D eigenvalue weighted by atomic mass is 10.1. The van der Waals surface area contributed by atoms with Crippen LogP contribution in [0.2, 0.25) is 0 Å². The molecule has 0 saturated carbocycles. The van der Waals surface area contributed by atoms with Crippen molar-refractivity contribution in [3.05, 3.63) is 118 Å². The van der Waals surface area contributed by atoms with Crippen molar-refractivity contribution in [3.63, 3.8) is 0 Å². The third-order valence-corrected chi connectivity index (χ3v) is 6.09. The molecule has 3 aromatic carbocycles. The molecule has 0 radical (unpaired) electrons. The average Bonchev–Trinajstić information content (AvgIpc) is 3.53. The number of anilines is 1. The molecule has 1 amide bonds. The van der Waals surface area contributed by atoms with Crippen LogP contribution in [0.1, 0.15) is 26.6 Å². The summed E-state index contributed by atoms with van der Waals surface area (Å²) in [5.41, 5.74) is 5.53. The first-order valence-electron chi connectivity index (χ1n) is 10.7. The summed E-state index contributed by atoms with van der Waals surface area (Å²) >= 11 is 1.59. The molecule has 0 bridgehead atoms. The highest BCUT2D eigenvalue weighted by atomic mass is 32.1. The van der Waals surface area contributed by atoms with E-state index in [9.17, 15) is 4.79 Å². The molecule has 2 aromatic heterocycles. The number of amides is 1. The van der Waals surface area contributed by atoms with Crippen LogP contribution in [0.15, 0.2) is 96.4 Å². The minimum atomic E-state index is -0.312. The van der Waals surface area contributed by atoms with E-state index in [1.165, 1.54) is 0 Å². The molecule has 0 spiro atoms. The maximum Gasteiger partial charge on any atom is 0.278 e. The molecular formula is C28H20N4OS. The molecule has 0 unspecified atom stereocenters. The third kappa shape index (κ3) is 4.65. The Morgan fingerprint density at radius 3 is 2.44 bits per heavy atom. The maximum absolute atomic E-state index is 12.9. The summed E-state index contributed by atoms with van der Waals surface area (Å²) < 4.78 is 1.67. The lowest BCUT2D eigenvalue weighted by molar-refractivity contribution is 0.102. The first-order valence-corrected chi connectivity index (χ1v) is 11.6. The molecule has 0 atom stereocenters. The number of rotatable bonds is 4. The molecule has 5 aromatic rings. The van der Waals surface area contributed by atoms with Crippen molar-refractivity contribution in [2.75, 3.05) is 5.32 Å². The van der Waals surface area contributed by atoms with Crippen molar-refractivity contribution < 1.29 is 4.79 Å². The molecule has 164 valence electrons. The highest BCUT2D eigenvalue weighted by Gasteiger charge is 2.17. The normalized spacial score (nSPS) is 10.4. The zero-order chi connectivity index (χ0) is 23.3. The topological polar surface area (TPSA) is 59.8 Å². The molecule has 5 nitrogen and oxygen atoms in total. The Morgan fingerprint density at radius 2 is 1.68 bits per heavy atom. The number of nitrogens with one attached hydrogen (secondary N) is 1. The van der Waals surface area contributed by atoms with Gasteiger partial charge < -0.3 is 5.32 Å². The van der Waals surface area contributed by atoms with Gasteiger partial charge in [0.25, 0.3) is 5.91 Å². The molecule has 0 fully saturated rings. The number of thiophene rings is 1. The molecule has 0 aliphatic carbocycles. The van der Waals surface area contributed by atoms with Gasteiger partial charge in [0.1, 0.15) is 0 Å². The Bertz CT molecular complexity index is 1490. The minimum Gasteiger partial charge on any atom is -0.320 e. The summed E-state index contributed by atoms with van der Waals surface area (Å²) in [6, 6.07) is 29.6. The molecule has 6 heteroatoms.